The number of ether oxygens (including phenoxy) is 1. The van der Waals surface area contributed by atoms with Gasteiger partial charge in [-0.15, -0.1) is 4.80 Å². The number of benzene rings is 1. The van der Waals surface area contributed by atoms with Crippen LogP contribution in [0, 0.1) is 6.92 Å². The molecule has 1 N–H and O–H groups in total. The molecule has 11 heteroatoms. The van der Waals surface area contributed by atoms with E-state index in [0.717, 1.165) is 15.9 Å². The minimum atomic E-state index is -1.29. The molecule has 5 rings (SSSR count). The topological polar surface area (TPSA) is 115 Å². The predicted octanol–water partition coefficient (Wildman–Crippen LogP) is 2.19. The molecule has 1 aromatic carbocycles. The minimum Gasteiger partial charge on any atom is -0.497 e. The molecule has 3 aromatic heterocycles. The first kappa shape index (κ1) is 22.1. The lowest BCUT2D eigenvalue weighted by Gasteiger charge is -2.40. The second kappa shape index (κ2) is 8.24. The number of carbonyl (C=O) groups excluding carboxylic acids is 1. The number of methoxy groups -OCH3 is 1. The van der Waals surface area contributed by atoms with E-state index in [0.29, 0.717) is 46.7 Å². The molecule has 1 atom stereocenters. The lowest BCUT2D eigenvalue weighted by atomic mass is 9.89. The third kappa shape index (κ3) is 3.43. The number of hydrogen-bond acceptors (Lipinski definition) is 7. The number of aryl methyl sites for hydroxylation is 1. The molecule has 1 fully saturated rings. The number of hydrogen-bond donors (Lipinski definition) is 1. The van der Waals surface area contributed by atoms with Crippen LogP contribution in [-0.4, -0.2) is 49.0 Å². The third-order valence-electron chi connectivity index (χ3n) is 6.43. The number of piperidine rings is 1. The average molecular weight is 481 g/mol. The lowest BCUT2D eigenvalue weighted by molar-refractivity contribution is -0.145. The number of H-pyrrole nitrogens is 1. The average Bonchev–Trinajstić information content (AvgIpc) is 3.45. The molecule has 1 amide bonds. The molecule has 176 valence electrons. The highest BCUT2D eigenvalue weighted by Gasteiger charge is 2.44. The van der Waals surface area contributed by atoms with Crippen LogP contribution in [0.2, 0.25) is 0 Å². The Bertz CT molecular complexity index is 1480. The maximum Gasteiger partial charge on any atom is 0.330 e. The maximum absolute atomic E-state index is 13.7. The number of amides is 1. The van der Waals surface area contributed by atoms with Gasteiger partial charge >= 0.3 is 5.69 Å². The van der Waals surface area contributed by atoms with Crippen molar-refractivity contribution in [2.24, 2.45) is 0 Å². The standard InChI is InChI=1S/C23H24N6O4S/c1-14-17-18(34-20(14)29-24-10-11-25-29)26-22(32)28(19(17)30)23(2)9-4-12-27(21(23)31)13-15-5-7-16(33-3)8-6-15/h5-8,10-11H,4,9,12-13H2,1-3H3,(H,26,32). The van der Waals surface area contributed by atoms with Crippen LogP contribution in [0.5, 0.6) is 5.75 Å². The molecule has 10 nitrogen and oxygen atoms in total. The van der Waals surface area contributed by atoms with Gasteiger partial charge in [-0.1, -0.05) is 23.5 Å². The van der Waals surface area contributed by atoms with Crippen LogP contribution in [0.15, 0.2) is 46.2 Å². The second-order valence-corrected chi connectivity index (χ2v) is 9.58. The Morgan fingerprint density at radius 2 is 1.85 bits per heavy atom. The van der Waals surface area contributed by atoms with Crippen molar-refractivity contribution in [2.75, 3.05) is 13.7 Å². The zero-order chi connectivity index (χ0) is 24.0. The number of nitrogens with zero attached hydrogens (tertiary/aromatic N) is 5. The molecular weight excluding hydrogens is 456 g/mol. The Morgan fingerprint density at radius 3 is 2.53 bits per heavy atom. The number of aromatic nitrogens is 5. The van der Waals surface area contributed by atoms with Gasteiger partial charge in [0.1, 0.15) is 21.1 Å². The van der Waals surface area contributed by atoms with E-state index in [4.69, 9.17) is 4.74 Å². The van der Waals surface area contributed by atoms with Gasteiger partial charge in [0.2, 0.25) is 5.91 Å². The third-order valence-corrected chi connectivity index (χ3v) is 7.60. The largest absolute Gasteiger partial charge is 0.497 e. The number of thiophene rings is 1. The lowest BCUT2D eigenvalue weighted by Crippen LogP contribution is -2.59. The van der Waals surface area contributed by atoms with Crippen LogP contribution >= 0.6 is 11.3 Å². The first-order valence-corrected chi connectivity index (χ1v) is 11.7. The van der Waals surface area contributed by atoms with E-state index in [-0.39, 0.29) is 5.91 Å². The summed E-state index contributed by atoms with van der Waals surface area (Å²) < 4.78 is 6.30. The summed E-state index contributed by atoms with van der Waals surface area (Å²) >= 11 is 1.23. The summed E-state index contributed by atoms with van der Waals surface area (Å²) in [4.78, 5) is 46.8. The fourth-order valence-corrected chi connectivity index (χ4v) is 5.74. The van der Waals surface area contributed by atoms with Gasteiger partial charge in [0.25, 0.3) is 5.56 Å². The van der Waals surface area contributed by atoms with Gasteiger partial charge in [0.15, 0.2) is 0 Å². The fourth-order valence-electron chi connectivity index (χ4n) is 4.64. The highest BCUT2D eigenvalue weighted by molar-refractivity contribution is 7.21. The van der Waals surface area contributed by atoms with Gasteiger partial charge in [-0.3, -0.25) is 14.6 Å². The van der Waals surface area contributed by atoms with Crippen LogP contribution in [0.25, 0.3) is 15.2 Å². The quantitative estimate of drug-likeness (QED) is 0.468. The molecule has 1 aliphatic heterocycles. The summed E-state index contributed by atoms with van der Waals surface area (Å²) in [6, 6.07) is 7.50. The van der Waals surface area contributed by atoms with Crippen molar-refractivity contribution in [3.8, 4) is 10.8 Å². The number of nitrogens with one attached hydrogen (secondary N) is 1. The molecule has 34 heavy (non-hydrogen) atoms. The summed E-state index contributed by atoms with van der Waals surface area (Å²) in [5.41, 5.74) is -0.760. The first-order valence-electron chi connectivity index (χ1n) is 10.9. The van der Waals surface area contributed by atoms with E-state index >= 15 is 0 Å². The van der Waals surface area contributed by atoms with Crippen LogP contribution < -0.4 is 16.0 Å². The highest BCUT2D eigenvalue weighted by Crippen LogP contribution is 2.32. The number of rotatable bonds is 5. The SMILES string of the molecule is COc1ccc(CN2CCCC(C)(n3c(=O)[nH]c4sc(-n5nccn5)c(C)c4c3=O)C2=O)cc1. The normalized spacial score (nSPS) is 18.6. The second-order valence-electron chi connectivity index (χ2n) is 8.58. The van der Waals surface area contributed by atoms with E-state index in [9.17, 15) is 14.4 Å². The molecule has 4 heterocycles. The van der Waals surface area contributed by atoms with Crippen molar-refractivity contribution in [1.29, 1.82) is 0 Å². The van der Waals surface area contributed by atoms with Gasteiger partial charge in [-0.05, 0) is 44.4 Å². The Hall–Kier alpha value is -3.73. The minimum absolute atomic E-state index is 0.247. The van der Waals surface area contributed by atoms with Gasteiger partial charge in [-0.2, -0.15) is 10.2 Å². The van der Waals surface area contributed by atoms with E-state index in [1.807, 2.05) is 24.3 Å². The molecule has 1 aliphatic rings. The molecule has 4 aromatic rings. The highest BCUT2D eigenvalue weighted by atomic mass is 32.1. The van der Waals surface area contributed by atoms with Gasteiger partial charge in [0, 0.05) is 18.7 Å². The fraction of sp³-hybridized carbons (Fsp3) is 0.348. The van der Waals surface area contributed by atoms with Crippen molar-refractivity contribution in [3.63, 3.8) is 0 Å². The van der Waals surface area contributed by atoms with Crippen LogP contribution in [0.1, 0.15) is 30.9 Å². The molecule has 0 radical (unpaired) electrons. The van der Waals surface area contributed by atoms with Gasteiger partial charge in [0.05, 0.1) is 24.9 Å². The summed E-state index contributed by atoms with van der Waals surface area (Å²) in [5, 5.41) is 9.30. The van der Waals surface area contributed by atoms with E-state index in [2.05, 4.69) is 15.2 Å². The van der Waals surface area contributed by atoms with Crippen molar-refractivity contribution >= 4 is 27.5 Å². The van der Waals surface area contributed by atoms with Gasteiger partial charge < -0.3 is 9.64 Å². The predicted molar refractivity (Wildman–Crippen MR) is 128 cm³/mol. The Kier molecular flexibility index (Phi) is 5.35. The molecule has 1 unspecified atom stereocenters. The van der Waals surface area contributed by atoms with Crippen molar-refractivity contribution < 1.29 is 9.53 Å². The van der Waals surface area contributed by atoms with Crippen LogP contribution in [0.3, 0.4) is 0 Å². The Balaban J connectivity index is 1.56. The molecule has 0 spiro atoms. The number of carbonyl (C=O) groups is 1. The molecule has 0 bridgehead atoms. The zero-order valence-corrected chi connectivity index (χ0v) is 19.9. The molecule has 1 saturated heterocycles. The first-order chi connectivity index (χ1) is 16.3. The van der Waals surface area contributed by atoms with Crippen molar-refractivity contribution in [1.82, 2.24) is 29.4 Å². The monoisotopic (exact) mass is 480 g/mol. The summed E-state index contributed by atoms with van der Waals surface area (Å²) in [5.74, 6) is 0.490. The smallest absolute Gasteiger partial charge is 0.330 e. The number of likely N-dealkylation sites (tertiary alicyclic amines) is 1. The van der Waals surface area contributed by atoms with E-state index < -0.39 is 16.8 Å². The number of aromatic amines is 1. The summed E-state index contributed by atoms with van der Waals surface area (Å²) in [6.07, 6.45) is 4.16. The Morgan fingerprint density at radius 1 is 1.15 bits per heavy atom. The summed E-state index contributed by atoms with van der Waals surface area (Å²) in [6.45, 7) is 4.42. The van der Waals surface area contributed by atoms with Crippen LogP contribution in [0.4, 0.5) is 0 Å². The van der Waals surface area contributed by atoms with E-state index in [1.165, 1.54) is 16.1 Å². The molecule has 0 aliphatic carbocycles. The molecular formula is C23H24N6O4S. The maximum atomic E-state index is 13.7. The van der Waals surface area contributed by atoms with Crippen molar-refractivity contribution in [2.45, 2.75) is 38.8 Å². The van der Waals surface area contributed by atoms with Crippen LogP contribution in [-0.2, 0) is 16.9 Å². The Labute approximate surface area is 198 Å². The summed E-state index contributed by atoms with van der Waals surface area (Å²) in [7, 11) is 1.60. The zero-order valence-electron chi connectivity index (χ0n) is 19.1. The van der Waals surface area contributed by atoms with Crippen molar-refractivity contribution in [3.05, 3.63) is 68.6 Å². The van der Waals surface area contributed by atoms with Gasteiger partial charge in [-0.25, -0.2) is 9.36 Å². The van der Waals surface area contributed by atoms with E-state index in [1.54, 1.807) is 38.3 Å². The molecule has 0 saturated carbocycles. The number of fused-ring (bicyclic) bond motifs is 1.